The van der Waals surface area contributed by atoms with Crippen LogP contribution in [0.2, 0.25) is 0 Å². The number of unbranched alkanes of at least 4 members (excludes halogenated alkanes) is 20. The second-order valence-corrected chi connectivity index (χ2v) is 14.9. The molecule has 0 spiro atoms. The number of esters is 1. The predicted molar refractivity (Wildman–Crippen MR) is 212 cm³/mol. The van der Waals surface area contributed by atoms with Crippen LogP contribution in [0.4, 0.5) is 4.79 Å². The first kappa shape index (κ1) is 49.6. The van der Waals surface area contributed by atoms with E-state index < -0.39 is 6.16 Å². The first-order chi connectivity index (χ1) is 24.9. The lowest BCUT2D eigenvalue weighted by Gasteiger charge is -2.19. The van der Waals surface area contributed by atoms with E-state index in [1.54, 1.807) is 0 Å². The van der Waals surface area contributed by atoms with Gasteiger partial charge in [0, 0.05) is 32.6 Å². The highest BCUT2D eigenvalue weighted by Crippen LogP contribution is 2.17. The Kier molecular flexibility index (Phi) is 38.7. The zero-order valence-corrected chi connectivity index (χ0v) is 34.5. The van der Waals surface area contributed by atoms with Gasteiger partial charge in [-0.2, -0.15) is 0 Å². The number of carbonyl (C=O) groups excluding carboxylic acids is 2. The zero-order chi connectivity index (χ0) is 37.5. The molecule has 0 saturated heterocycles. The number of hydrogen-bond donors (Lipinski definition) is 0. The Hall–Kier alpha value is -1.38. The summed E-state index contributed by atoms with van der Waals surface area (Å²) in [6, 6.07) is 0. The second-order valence-electron chi connectivity index (χ2n) is 14.9. The van der Waals surface area contributed by atoms with Gasteiger partial charge >= 0.3 is 12.1 Å². The van der Waals surface area contributed by atoms with Gasteiger partial charge in [-0.15, -0.1) is 0 Å². The van der Waals surface area contributed by atoms with Crippen LogP contribution in [0.1, 0.15) is 207 Å². The van der Waals surface area contributed by atoms with Crippen LogP contribution in [0.3, 0.4) is 0 Å². The smallest absolute Gasteiger partial charge is 0.466 e. The fourth-order valence-corrected chi connectivity index (χ4v) is 6.19. The average Bonchev–Trinajstić information content (AvgIpc) is 3.11. The lowest BCUT2D eigenvalue weighted by atomic mass is 10.0. The van der Waals surface area contributed by atoms with Gasteiger partial charge in [-0.3, -0.25) is 4.79 Å². The fourth-order valence-electron chi connectivity index (χ4n) is 6.19. The van der Waals surface area contributed by atoms with Crippen molar-refractivity contribution in [2.24, 2.45) is 0 Å². The van der Waals surface area contributed by atoms with Gasteiger partial charge < -0.3 is 28.6 Å². The predicted octanol–water partition coefficient (Wildman–Crippen LogP) is 12.3. The number of rotatable bonds is 40. The highest BCUT2D eigenvalue weighted by Gasteiger charge is 2.17. The van der Waals surface area contributed by atoms with Crippen molar-refractivity contribution in [2.45, 2.75) is 219 Å². The van der Waals surface area contributed by atoms with E-state index in [2.05, 4.69) is 25.7 Å². The molecule has 0 aliphatic rings. The van der Waals surface area contributed by atoms with E-state index in [9.17, 15) is 9.59 Å². The number of carbonyl (C=O) groups is 2. The largest absolute Gasteiger partial charge is 0.508 e. The van der Waals surface area contributed by atoms with Gasteiger partial charge in [0.1, 0.15) is 6.10 Å². The highest BCUT2D eigenvalue weighted by molar-refractivity contribution is 5.69. The summed E-state index contributed by atoms with van der Waals surface area (Å²) in [6.45, 7) is 9.66. The zero-order valence-electron chi connectivity index (χ0n) is 34.5. The summed E-state index contributed by atoms with van der Waals surface area (Å²) >= 11 is 0. The molecule has 0 aromatic rings. The molecule has 0 N–H and O–H groups in total. The lowest BCUT2D eigenvalue weighted by molar-refractivity contribution is -0.150. The summed E-state index contributed by atoms with van der Waals surface area (Å²) in [4.78, 5) is 27.0. The van der Waals surface area contributed by atoms with E-state index in [4.69, 9.17) is 23.7 Å². The Balaban J connectivity index is 4.51. The van der Waals surface area contributed by atoms with E-state index in [0.717, 1.165) is 77.5 Å². The molecule has 0 heterocycles. The van der Waals surface area contributed by atoms with Gasteiger partial charge in [0.15, 0.2) is 6.29 Å². The molecule has 0 radical (unpaired) electrons. The van der Waals surface area contributed by atoms with Crippen molar-refractivity contribution in [1.29, 1.82) is 0 Å². The van der Waals surface area contributed by atoms with Crippen LogP contribution in [-0.4, -0.2) is 76.5 Å². The molecule has 8 nitrogen and oxygen atoms in total. The van der Waals surface area contributed by atoms with Crippen molar-refractivity contribution >= 4 is 12.1 Å². The average molecular weight is 728 g/mol. The lowest BCUT2D eigenvalue weighted by Crippen LogP contribution is -2.23. The van der Waals surface area contributed by atoms with Gasteiger partial charge in [-0.05, 0) is 65.5 Å². The Labute approximate surface area is 316 Å². The van der Waals surface area contributed by atoms with Crippen LogP contribution in [0, 0.1) is 0 Å². The molecule has 1 atom stereocenters. The molecular weight excluding hydrogens is 642 g/mol. The maximum atomic E-state index is 12.6. The third-order valence-electron chi connectivity index (χ3n) is 9.49. The van der Waals surface area contributed by atoms with Crippen LogP contribution >= 0.6 is 0 Å². The van der Waals surface area contributed by atoms with Crippen LogP contribution in [0.15, 0.2) is 0 Å². The molecule has 51 heavy (non-hydrogen) atoms. The van der Waals surface area contributed by atoms with Gasteiger partial charge in [0.05, 0.1) is 13.2 Å². The number of nitrogens with zero attached hydrogens (tertiary/aromatic N) is 1. The minimum absolute atomic E-state index is 0.196. The molecule has 0 rings (SSSR count). The molecular formula is C43H85NO7. The molecule has 0 aliphatic carbocycles. The van der Waals surface area contributed by atoms with Gasteiger partial charge in [-0.25, -0.2) is 4.79 Å². The molecule has 0 aliphatic heterocycles. The summed E-state index contributed by atoms with van der Waals surface area (Å²) in [5, 5.41) is 0. The van der Waals surface area contributed by atoms with Crippen LogP contribution in [0.25, 0.3) is 0 Å². The van der Waals surface area contributed by atoms with Crippen molar-refractivity contribution in [3.8, 4) is 0 Å². The Morgan fingerprint density at radius 3 is 1.45 bits per heavy atom. The van der Waals surface area contributed by atoms with Gasteiger partial charge in [-0.1, -0.05) is 143 Å². The summed E-state index contributed by atoms with van der Waals surface area (Å²) in [5.41, 5.74) is 0. The minimum Gasteiger partial charge on any atom is -0.466 e. The molecule has 0 amide bonds. The Morgan fingerprint density at radius 1 is 0.471 bits per heavy atom. The van der Waals surface area contributed by atoms with E-state index in [1.807, 2.05) is 14.1 Å². The normalized spacial score (nSPS) is 12.1. The van der Waals surface area contributed by atoms with E-state index in [-0.39, 0.29) is 25.0 Å². The Bertz CT molecular complexity index is 717. The quantitative estimate of drug-likeness (QED) is 0.0350. The van der Waals surface area contributed by atoms with E-state index in [1.165, 1.54) is 116 Å². The Morgan fingerprint density at radius 2 is 0.941 bits per heavy atom. The molecule has 1 unspecified atom stereocenters. The maximum Gasteiger partial charge on any atom is 0.508 e. The number of ether oxygens (including phenoxy) is 5. The molecule has 0 bridgehead atoms. The third kappa shape index (κ3) is 38.2. The van der Waals surface area contributed by atoms with E-state index in [0.29, 0.717) is 19.4 Å². The van der Waals surface area contributed by atoms with Gasteiger partial charge in [0.2, 0.25) is 0 Å². The highest BCUT2D eigenvalue weighted by atomic mass is 16.7. The summed E-state index contributed by atoms with van der Waals surface area (Å²) in [6.07, 6.45) is 31.1. The summed E-state index contributed by atoms with van der Waals surface area (Å²) < 4.78 is 28.9. The van der Waals surface area contributed by atoms with Crippen LogP contribution in [0.5, 0.6) is 0 Å². The standard InChI is InChI=1S/C43H85NO7/c1-6-9-12-15-18-19-20-21-22-25-31-40(51-43(46)50-38-30-35-44(4)5)34-39-47-41(45)32-26-27-33-42(48-36-28-23-16-13-10-7-2)49-37-29-24-17-14-11-8-3/h40,42H,6-39H2,1-5H3. The van der Waals surface area contributed by atoms with Crippen LogP contribution < -0.4 is 0 Å². The van der Waals surface area contributed by atoms with Gasteiger partial charge in [0.25, 0.3) is 0 Å². The maximum absolute atomic E-state index is 12.6. The monoisotopic (exact) mass is 728 g/mol. The van der Waals surface area contributed by atoms with Crippen molar-refractivity contribution in [2.75, 3.05) is 47.1 Å². The second kappa shape index (κ2) is 39.8. The topological polar surface area (TPSA) is 83.5 Å². The first-order valence-electron chi connectivity index (χ1n) is 21.8. The first-order valence-corrected chi connectivity index (χ1v) is 21.8. The molecule has 0 saturated carbocycles. The molecule has 304 valence electrons. The minimum atomic E-state index is -0.621. The summed E-state index contributed by atoms with van der Waals surface area (Å²) in [5.74, 6) is -0.198. The van der Waals surface area contributed by atoms with Crippen molar-refractivity contribution in [3.05, 3.63) is 0 Å². The van der Waals surface area contributed by atoms with Crippen molar-refractivity contribution < 1.29 is 33.3 Å². The fraction of sp³-hybridized carbons (Fsp3) is 0.953. The number of hydrogen-bond acceptors (Lipinski definition) is 8. The van der Waals surface area contributed by atoms with Crippen LogP contribution in [-0.2, 0) is 28.5 Å². The SMILES string of the molecule is CCCCCCCCCCCCC(CCOC(=O)CCCCC(OCCCCCCCC)OCCCCCCCC)OC(=O)OCCCN(C)C. The van der Waals surface area contributed by atoms with Crippen molar-refractivity contribution in [1.82, 2.24) is 4.90 Å². The molecule has 0 aromatic heterocycles. The molecule has 0 fully saturated rings. The third-order valence-corrected chi connectivity index (χ3v) is 9.49. The summed E-state index contributed by atoms with van der Waals surface area (Å²) in [7, 11) is 4.00. The molecule has 8 heteroatoms. The van der Waals surface area contributed by atoms with E-state index >= 15 is 0 Å². The van der Waals surface area contributed by atoms with Crippen molar-refractivity contribution in [3.63, 3.8) is 0 Å². The molecule has 0 aromatic carbocycles.